The zero-order valence-corrected chi connectivity index (χ0v) is 14.9. The Morgan fingerprint density at radius 3 is 2.88 bits per heavy atom. The van der Waals surface area contributed by atoms with Crippen molar-refractivity contribution in [2.24, 2.45) is 11.7 Å². The number of rotatable bonds is 6. The molecule has 5 N–H and O–H groups in total. The summed E-state index contributed by atoms with van der Waals surface area (Å²) in [5.41, 5.74) is 15.6. The Kier molecular flexibility index (Phi) is 4.44. The number of amides is 1. The van der Waals surface area contributed by atoms with Crippen molar-refractivity contribution in [3.63, 3.8) is 0 Å². The first-order valence-electron chi connectivity index (χ1n) is 9.04. The van der Waals surface area contributed by atoms with Gasteiger partial charge < -0.3 is 10.3 Å². The van der Waals surface area contributed by atoms with E-state index in [0.29, 0.717) is 18.9 Å². The lowest BCUT2D eigenvalue weighted by Crippen LogP contribution is -2.85. The number of para-hydroxylation sites is 3. The second-order valence-corrected chi connectivity index (χ2v) is 6.98. The van der Waals surface area contributed by atoms with Crippen molar-refractivity contribution in [3.8, 4) is 0 Å². The number of nitrogens with two attached hydrogens (primary N) is 2. The number of nitrogens with zero attached hydrogens (tertiary/aromatic N) is 2. The Morgan fingerprint density at radius 2 is 2.04 bits per heavy atom. The molecule has 4 rings (SSSR count). The molecule has 134 valence electrons. The monoisotopic (exact) mass is 350 g/mol. The molecule has 0 bridgehead atoms. The van der Waals surface area contributed by atoms with Crippen LogP contribution in [0.15, 0.2) is 48.5 Å². The third-order valence-corrected chi connectivity index (χ3v) is 5.14. The third-order valence-electron chi connectivity index (χ3n) is 5.14. The van der Waals surface area contributed by atoms with Gasteiger partial charge in [-0.05, 0) is 18.1 Å². The molecule has 0 saturated carbocycles. The van der Waals surface area contributed by atoms with Crippen molar-refractivity contribution >= 4 is 22.6 Å². The lowest BCUT2D eigenvalue weighted by atomic mass is 9.92. The summed E-state index contributed by atoms with van der Waals surface area (Å²) in [4.78, 5) is 16.1. The smallest absolute Gasteiger partial charge is 0.219 e. The van der Waals surface area contributed by atoms with Gasteiger partial charge in [-0.25, -0.2) is 10.4 Å². The highest BCUT2D eigenvalue weighted by Crippen LogP contribution is 2.31. The number of hydrogen-bond acceptors (Lipinski definition) is 3. The number of hydrogen-bond donors (Lipinski definition) is 3. The number of fused-ring (bicyclic) bond motifs is 2. The zero-order chi connectivity index (χ0) is 18.1. The van der Waals surface area contributed by atoms with Gasteiger partial charge in [0, 0.05) is 31.0 Å². The minimum absolute atomic E-state index is 0.274. The molecule has 6 nitrogen and oxygen atoms in total. The average Bonchev–Trinajstić information content (AvgIpc) is 3.21. The first-order valence-corrected chi connectivity index (χ1v) is 9.04. The molecule has 6 heteroatoms. The fourth-order valence-electron chi connectivity index (χ4n) is 3.82. The lowest BCUT2D eigenvalue weighted by Gasteiger charge is -2.18. The highest BCUT2D eigenvalue weighted by molar-refractivity contribution is 5.77. The number of benzene rings is 2. The highest BCUT2D eigenvalue weighted by atomic mass is 16.1. The first-order chi connectivity index (χ1) is 12.6. The summed E-state index contributed by atoms with van der Waals surface area (Å²) in [5, 5.41) is 0. The second kappa shape index (κ2) is 6.90. The second-order valence-electron chi connectivity index (χ2n) is 6.98. The number of quaternary nitrogens is 1. The van der Waals surface area contributed by atoms with Gasteiger partial charge in [-0.3, -0.25) is 4.79 Å². The fraction of sp³-hybridized carbons (Fsp3) is 0.300. The van der Waals surface area contributed by atoms with E-state index in [9.17, 15) is 4.79 Å². The largest absolute Gasteiger partial charge is 0.370 e. The Balaban J connectivity index is 1.62. The number of carbonyl (C=O) groups is 1. The van der Waals surface area contributed by atoms with E-state index in [-0.39, 0.29) is 11.9 Å². The number of imidazole rings is 1. The normalized spacial score (nSPS) is 17.3. The van der Waals surface area contributed by atoms with Gasteiger partial charge in [0.05, 0.1) is 17.1 Å². The maximum absolute atomic E-state index is 11.3. The van der Waals surface area contributed by atoms with Gasteiger partial charge in [-0.1, -0.05) is 37.3 Å². The van der Waals surface area contributed by atoms with Crippen molar-refractivity contribution < 1.29 is 10.2 Å². The van der Waals surface area contributed by atoms with Gasteiger partial charge in [0.1, 0.15) is 5.82 Å². The van der Waals surface area contributed by atoms with Crippen LogP contribution < -0.4 is 16.6 Å². The topological polar surface area (TPSA) is 89.5 Å². The summed E-state index contributed by atoms with van der Waals surface area (Å²) in [7, 11) is 0. The van der Waals surface area contributed by atoms with Crippen LogP contribution in [0.4, 0.5) is 5.69 Å². The minimum atomic E-state index is -0.289. The average molecular weight is 350 g/mol. The lowest BCUT2D eigenvalue weighted by molar-refractivity contribution is -0.630. The number of nitrogens with one attached hydrogen (secondary N) is 1. The molecular formula is C20H24N5O+. The van der Waals surface area contributed by atoms with Crippen molar-refractivity contribution in [2.45, 2.75) is 32.4 Å². The first kappa shape index (κ1) is 16.8. The molecule has 2 atom stereocenters. The van der Waals surface area contributed by atoms with Crippen molar-refractivity contribution in [1.29, 1.82) is 0 Å². The van der Waals surface area contributed by atoms with Crippen LogP contribution in [0.25, 0.3) is 11.0 Å². The molecule has 0 fully saturated rings. The van der Waals surface area contributed by atoms with E-state index in [1.807, 2.05) is 24.3 Å². The Hall–Kier alpha value is -2.70. The molecule has 1 aromatic heterocycles. The van der Waals surface area contributed by atoms with Crippen LogP contribution in [-0.2, 0) is 17.8 Å². The molecule has 0 saturated heterocycles. The predicted octanol–water partition coefficient (Wildman–Crippen LogP) is 1.54. The van der Waals surface area contributed by atoms with Gasteiger partial charge in [0.25, 0.3) is 0 Å². The summed E-state index contributed by atoms with van der Waals surface area (Å²) >= 11 is 0. The van der Waals surface area contributed by atoms with Gasteiger partial charge in [-0.2, -0.15) is 5.43 Å². The van der Waals surface area contributed by atoms with Crippen molar-refractivity contribution in [1.82, 2.24) is 15.0 Å². The fourth-order valence-corrected chi connectivity index (χ4v) is 3.82. The van der Waals surface area contributed by atoms with Crippen LogP contribution in [-0.4, -0.2) is 15.5 Å². The van der Waals surface area contributed by atoms with Crippen LogP contribution in [0.2, 0.25) is 0 Å². The van der Waals surface area contributed by atoms with Crippen LogP contribution in [0.3, 0.4) is 0 Å². The summed E-state index contributed by atoms with van der Waals surface area (Å²) in [5.74, 6) is 1.08. The van der Waals surface area contributed by atoms with E-state index in [1.54, 1.807) is 0 Å². The molecule has 3 aromatic rings. The van der Waals surface area contributed by atoms with E-state index >= 15 is 0 Å². The van der Waals surface area contributed by atoms with E-state index in [2.05, 4.69) is 46.6 Å². The molecule has 26 heavy (non-hydrogen) atoms. The molecule has 2 aromatic carbocycles. The molecule has 1 amide bonds. The summed E-state index contributed by atoms with van der Waals surface area (Å²) in [6, 6.07) is 16.8. The van der Waals surface area contributed by atoms with E-state index in [1.165, 1.54) is 11.3 Å². The molecule has 2 heterocycles. The van der Waals surface area contributed by atoms with Gasteiger partial charge in [-0.15, -0.1) is 0 Å². The van der Waals surface area contributed by atoms with E-state index in [0.717, 1.165) is 23.3 Å². The van der Waals surface area contributed by atoms with Crippen LogP contribution in [0.1, 0.15) is 30.8 Å². The number of primary amides is 1. The molecule has 0 radical (unpaired) electrons. The standard InChI is InChI=1S/C20H23N5O/c1-13(20-14-6-2-3-7-15(14)23-24-20)12-19-22-16-8-4-5-9-17(16)25(19)11-10-18(21)26/h2-9,13,20,23-24H,10-12H2,1H3,(H2,21,26)/p+1. The maximum atomic E-state index is 11.3. The van der Waals surface area contributed by atoms with E-state index < -0.39 is 0 Å². The van der Waals surface area contributed by atoms with Crippen molar-refractivity contribution in [2.75, 3.05) is 0 Å². The molecule has 1 aliphatic rings. The van der Waals surface area contributed by atoms with Crippen LogP contribution in [0, 0.1) is 5.92 Å². The van der Waals surface area contributed by atoms with Gasteiger partial charge >= 0.3 is 0 Å². The molecular weight excluding hydrogens is 326 g/mol. The van der Waals surface area contributed by atoms with Crippen LogP contribution >= 0.6 is 0 Å². The summed E-state index contributed by atoms with van der Waals surface area (Å²) in [6.07, 6.45) is 1.15. The van der Waals surface area contributed by atoms with Gasteiger partial charge in [0.2, 0.25) is 5.91 Å². The Morgan fingerprint density at radius 1 is 1.27 bits per heavy atom. The number of carbonyl (C=O) groups excluding carboxylic acids is 1. The Bertz CT molecular complexity index is 948. The number of aryl methyl sites for hydroxylation is 1. The molecule has 0 spiro atoms. The van der Waals surface area contributed by atoms with Gasteiger partial charge in [0.15, 0.2) is 5.69 Å². The number of aromatic nitrogens is 2. The van der Waals surface area contributed by atoms with E-state index in [4.69, 9.17) is 10.7 Å². The minimum Gasteiger partial charge on any atom is -0.370 e. The predicted molar refractivity (Wildman–Crippen MR) is 100 cm³/mol. The molecule has 0 aliphatic carbocycles. The van der Waals surface area contributed by atoms with Crippen LogP contribution in [0.5, 0.6) is 0 Å². The maximum Gasteiger partial charge on any atom is 0.219 e. The SMILES string of the molecule is CC(Cc1nc2ccccc2n1CCC(N)=O)C1N[NH2+]c2ccccc21. The summed E-state index contributed by atoms with van der Waals surface area (Å²) < 4.78 is 2.14. The zero-order valence-electron chi connectivity index (χ0n) is 14.9. The summed E-state index contributed by atoms with van der Waals surface area (Å²) in [6.45, 7) is 2.81. The van der Waals surface area contributed by atoms with Crippen molar-refractivity contribution in [3.05, 3.63) is 59.9 Å². The third kappa shape index (κ3) is 3.09. The highest BCUT2D eigenvalue weighted by Gasteiger charge is 2.31. The quantitative estimate of drug-likeness (QED) is 0.465. The Labute approximate surface area is 152 Å². The molecule has 2 unspecified atom stereocenters. The molecule has 1 aliphatic heterocycles.